The van der Waals surface area contributed by atoms with E-state index in [2.05, 4.69) is 16.0 Å². The summed E-state index contributed by atoms with van der Waals surface area (Å²) in [5.41, 5.74) is 10.6. The minimum Gasteiger partial charge on any atom is -0.480 e. The summed E-state index contributed by atoms with van der Waals surface area (Å²) in [5, 5.41) is 16.4. The van der Waals surface area contributed by atoms with Gasteiger partial charge >= 0.3 is 5.97 Å². The van der Waals surface area contributed by atoms with Crippen LogP contribution in [0.4, 0.5) is 0 Å². The monoisotopic (exact) mass is 415 g/mol. The van der Waals surface area contributed by atoms with Crippen LogP contribution < -0.4 is 27.4 Å². The van der Waals surface area contributed by atoms with E-state index in [1.54, 1.807) is 13.8 Å². The predicted molar refractivity (Wildman–Crippen MR) is 105 cm³/mol. The lowest BCUT2D eigenvalue weighted by molar-refractivity contribution is -0.143. The number of primary amides is 1. The Kier molecular flexibility index (Phi) is 11.5. The van der Waals surface area contributed by atoms with E-state index in [0.29, 0.717) is 6.42 Å². The number of carbonyl (C=O) groups is 5. The van der Waals surface area contributed by atoms with Gasteiger partial charge in [-0.25, -0.2) is 4.79 Å². The average Bonchev–Trinajstić information content (AvgIpc) is 2.61. The third kappa shape index (κ3) is 10.4. The molecule has 0 radical (unpaired) electrons. The maximum absolute atomic E-state index is 12.4. The lowest BCUT2D eigenvalue weighted by Crippen LogP contribution is -2.54. The molecule has 0 saturated carbocycles. The van der Waals surface area contributed by atoms with Crippen molar-refractivity contribution in [1.82, 2.24) is 16.0 Å². The maximum atomic E-state index is 12.4. The lowest BCUT2D eigenvalue weighted by atomic mass is 9.99. The van der Waals surface area contributed by atoms with Crippen molar-refractivity contribution in [3.63, 3.8) is 0 Å². The summed E-state index contributed by atoms with van der Waals surface area (Å²) in [6, 6.07) is -3.23. The van der Waals surface area contributed by atoms with Crippen LogP contribution in [0.3, 0.4) is 0 Å². The molecule has 0 aromatic rings. The van der Waals surface area contributed by atoms with Crippen LogP contribution in [0.2, 0.25) is 0 Å². The first-order chi connectivity index (χ1) is 13.4. The molecule has 8 N–H and O–H groups in total. The molecule has 0 fully saturated rings. The van der Waals surface area contributed by atoms with Crippen LogP contribution in [0.1, 0.15) is 47.0 Å². The van der Waals surface area contributed by atoms with Gasteiger partial charge in [-0.2, -0.15) is 0 Å². The Morgan fingerprint density at radius 2 is 1.59 bits per heavy atom. The summed E-state index contributed by atoms with van der Waals surface area (Å²) >= 11 is 0. The molecule has 0 aliphatic rings. The van der Waals surface area contributed by atoms with E-state index >= 15 is 0 Å². The number of aliphatic carboxylic acids is 1. The Morgan fingerprint density at radius 3 is 2.03 bits per heavy atom. The lowest BCUT2D eigenvalue weighted by Gasteiger charge is -2.23. The number of hydrogen-bond donors (Lipinski definition) is 6. The topological polar surface area (TPSA) is 194 Å². The normalized spacial score (nSPS) is 15.0. The number of carbonyl (C=O) groups excluding carboxylic acids is 4. The summed E-state index contributed by atoms with van der Waals surface area (Å²) < 4.78 is 0. The number of carboxylic acid groups (broad SMARTS) is 1. The van der Waals surface area contributed by atoms with Gasteiger partial charge in [0.1, 0.15) is 12.1 Å². The molecule has 0 aliphatic carbocycles. The highest BCUT2D eigenvalue weighted by molar-refractivity contribution is 5.93. The standard InChI is InChI=1S/C18H33N5O6/c1-5-10(4)15(18(28)29)23-14(25)8-21-17(27)12(6-9(2)3)22-16(26)11(19)7-13(20)24/h9-12,15H,5-8,19H2,1-4H3,(H2,20,24)(H,21,27)(H,22,26)(H,23,25)(H,28,29). The van der Waals surface area contributed by atoms with Crippen molar-refractivity contribution >= 4 is 29.6 Å². The average molecular weight is 415 g/mol. The zero-order valence-electron chi connectivity index (χ0n) is 17.4. The quantitative estimate of drug-likeness (QED) is 0.209. The van der Waals surface area contributed by atoms with E-state index in [4.69, 9.17) is 11.5 Å². The summed E-state index contributed by atoms with van der Waals surface area (Å²) in [6.45, 7) is 6.73. The van der Waals surface area contributed by atoms with Gasteiger partial charge in [-0.3, -0.25) is 19.2 Å². The minimum atomic E-state index is -1.19. The van der Waals surface area contributed by atoms with E-state index < -0.39 is 54.3 Å². The number of carboxylic acids is 1. The zero-order chi connectivity index (χ0) is 22.7. The van der Waals surface area contributed by atoms with E-state index in [0.717, 1.165) is 0 Å². The molecule has 29 heavy (non-hydrogen) atoms. The second kappa shape index (κ2) is 12.7. The molecular formula is C18H33N5O6. The van der Waals surface area contributed by atoms with Crippen LogP contribution in [0.25, 0.3) is 0 Å². The fraction of sp³-hybridized carbons (Fsp3) is 0.722. The maximum Gasteiger partial charge on any atom is 0.326 e. The summed E-state index contributed by atoms with van der Waals surface area (Å²) in [7, 11) is 0. The van der Waals surface area contributed by atoms with Crippen molar-refractivity contribution in [2.75, 3.05) is 6.54 Å². The molecule has 0 aliphatic heterocycles. The molecule has 0 aromatic heterocycles. The summed E-state index contributed by atoms with van der Waals surface area (Å²) in [6.07, 6.45) is 0.460. The summed E-state index contributed by atoms with van der Waals surface area (Å²) in [5.74, 6) is -4.15. The second-order valence-electron chi connectivity index (χ2n) is 7.45. The number of hydrogen-bond acceptors (Lipinski definition) is 6. The van der Waals surface area contributed by atoms with Gasteiger partial charge in [-0.05, 0) is 18.3 Å². The largest absolute Gasteiger partial charge is 0.480 e. The van der Waals surface area contributed by atoms with Crippen LogP contribution >= 0.6 is 0 Å². The van der Waals surface area contributed by atoms with Gasteiger partial charge in [-0.1, -0.05) is 34.1 Å². The molecular weight excluding hydrogens is 382 g/mol. The van der Waals surface area contributed by atoms with Crippen molar-refractivity contribution < 1.29 is 29.1 Å². The smallest absolute Gasteiger partial charge is 0.326 e. The number of nitrogens with two attached hydrogens (primary N) is 2. The molecule has 0 saturated heterocycles. The first kappa shape index (κ1) is 26.3. The highest BCUT2D eigenvalue weighted by Gasteiger charge is 2.27. The van der Waals surface area contributed by atoms with Crippen LogP contribution in [0, 0.1) is 11.8 Å². The van der Waals surface area contributed by atoms with Gasteiger partial charge in [0.15, 0.2) is 0 Å². The minimum absolute atomic E-state index is 0.0361. The number of rotatable bonds is 13. The Morgan fingerprint density at radius 1 is 1.00 bits per heavy atom. The van der Waals surface area contributed by atoms with Gasteiger partial charge in [0.05, 0.1) is 19.0 Å². The first-order valence-electron chi connectivity index (χ1n) is 9.53. The highest BCUT2D eigenvalue weighted by Crippen LogP contribution is 2.08. The van der Waals surface area contributed by atoms with Gasteiger partial charge in [-0.15, -0.1) is 0 Å². The van der Waals surface area contributed by atoms with Crippen molar-refractivity contribution in [3.8, 4) is 0 Å². The van der Waals surface area contributed by atoms with E-state index in [9.17, 15) is 29.1 Å². The second-order valence-corrected chi connectivity index (χ2v) is 7.45. The van der Waals surface area contributed by atoms with Crippen molar-refractivity contribution in [2.24, 2.45) is 23.3 Å². The SMILES string of the molecule is CCC(C)C(NC(=O)CNC(=O)C(CC(C)C)NC(=O)C(N)CC(N)=O)C(=O)O. The molecule has 0 heterocycles. The van der Waals surface area contributed by atoms with Gasteiger partial charge in [0.2, 0.25) is 23.6 Å². The fourth-order valence-corrected chi connectivity index (χ4v) is 2.49. The van der Waals surface area contributed by atoms with Gasteiger partial charge < -0.3 is 32.5 Å². The summed E-state index contributed by atoms with van der Waals surface area (Å²) in [4.78, 5) is 58.7. The van der Waals surface area contributed by atoms with Crippen molar-refractivity contribution in [1.29, 1.82) is 0 Å². The highest BCUT2D eigenvalue weighted by atomic mass is 16.4. The molecule has 0 rings (SSSR count). The molecule has 0 bridgehead atoms. The third-order valence-electron chi connectivity index (χ3n) is 4.32. The molecule has 4 atom stereocenters. The van der Waals surface area contributed by atoms with E-state index in [1.807, 2.05) is 13.8 Å². The van der Waals surface area contributed by atoms with E-state index in [1.165, 1.54) is 0 Å². The van der Waals surface area contributed by atoms with Crippen LogP contribution in [-0.4, -0.2) is 59.4 Å². The third-order valence-corrected chi connectivity index (χ3v) is 4.32. The Labute approximate surface area is 170 Å². The molecule has 0 spiro atoms. The zero-order valence-corrected chi connectivity index (χ0v) is 17.4. The molecule has 166 valence electrons. The number of amides is 4. The van der Waals surface area contributed by atoms with E-state index in [-0.39, 0.29) is 24.7 Å². The Balaban J connectivity index is 4.89. The first-order valence-corrected chi connectivity index (χ1v) is 9.53. The van der Waals surface area contributed by atoms with Crippen LogP contribution in [0.15, 0.2) is 0 Å². The Bertz CT molecular complexity index is 610. The number of nitrogens with one attached hydrogen (secondary N) is 3. The molecule has 4 amide bonds. The molecule has 0 aromatic carbocycles. The predicted octanol–water partition coefficient (Wildman–Crippen LogP) is -1.55. The molecule has 11 heteroatoms. The van der Waals surface area contributed by atoms with Crippen molar-refractivity contribution in [3.05, 3.63) is 0 Å². The van der Waals surface area contributed by atoms with Gasteiger partial charge in [0, 0.05) is 0 Å². The van der Waals surface area contributed by atoms with Crippen molar-refractivity contribution in [2.45, 2.75) is 65.1 Å². The van der Waals surface area contributed by atoms with Gasteiger partial charge in [0.25, 0.3) is 0 Å². The van der Waals surface area contributed by atoms with Crippen LogP contribution in [-0.2, 0) is 24.0 Å². The Hall–Kier alpha value is -2.69. The van der Waals surface area contributed by atoms with Crippen LogP contribution in [0.5, 0.6) is 0 Å². The molecule has 11 nitrogen and oxygen atoms in total. The molecule has 4 unspecified atom stereocenters. The fourth-order valence-electron chi connectivity index (χ4n) is 2.49.